The van der Waals surface area contributed by atoms with Crippen LogP contribution in [0.15, 0.2) is 162 Å². The Bertz CT molecular complexity index is 2260. The van der Waals surface area contributed by atoms with Gasteiger partial charge in [-0.25, -0.2) is 0 Å². The molecule has 0 N–H and O–H groups in total. The van der Waals surface area contributed by atoms with Crippen LogP contribution in [-0.4, -0.2) is 0 Å². The van der Waals surface area contributed by atoms with Crippen molar-refractivity contribution in [2.24, 2.45) is 0 Å². The molecule has 204 valence electrons. The molecule has 2 heteroatoms. The van der Waals surface area contributed by atoms with E-state index in [-0.39, 0.29) is 0 Å². The Morgan fingerprint density at radius 3 is 1.79 bits per heavy atom. The smallest absolute Gasteiger partial charge is 0.138 e. The van der Waals surface area contributed by atoms with Gasteiger partial charge in [0.15, 0.2) is 0 Å². The molecule has 0 bridgehead atoms. The number of hydrogen-bond acceptors (Lipinski definition) is 2. The highest BCUT2D eigenvalue weighted by atomic mass is 16.3. The molecule has 7 aromatic carbocycles. The van der Waals surface area contributed by atoms with Gasteiger partial charge in [0.2, 0.25) is 0 Å². The summed E-state index contributed by atoms with van der Waals surface area (Å²) < 4.78 is 6.42. The number of benzene rings is 7. The van der Waals surface area contributed by atoms with Crippen LogP contribution in [0.2, 0.25) is 0 Å². The summed E-state index contributed by atoms with van der Waals surface area (Å²) in [5.41, 5.74) is 8.80. The second kappa shape index (κ2) is 10.3. The first-order valence-electron chi connectivity index (χ1n) is 14.7. The molecule has 0 radical (unpaired) electrons. The maximum Gasteiger partial charge on any atom is 0.138 e. The van der Waals surface area contributed by atoms with Crippen LogP contribution in [0, 0.1) is 6.92 Å². The van der Waals surface area contributed by atoms with E-state index < -0.39 is 0 Å². The average Bonchev–Trinajstić information content (AvgIpc) is 3.42. The summed E-state index contributed by atoms with van der Waals surface area (Å²) in [4.78, 5) is 2.39. The standard InChI is InChI=1S/C41H29NO/c1-28-35-20-9-10-24-40(35)43-41(28)32-17-12-19-34(26-32)42(33-18-11-16-30(25-33)29-13-3-2-4-14-29)39-27-31-15-5-6-21-36(31)37-22-7-8-23-38(37)39/h2-27H,1H3. The van der Waals surface area contributed by atoms with Crippen molar-refractivity contribution < 1.29 is 4.42 Å². The Morgan fingerprint density at radius 1 is 0.442 bits per heavy atom. The lowest BCUT2D eigenvalue weighted by atomic mass is 9.98. The van der Waals surface area contributed by atoms with E-state index in [1.807, 2.05) is 12.1 Å². The Morgan fingerprint density at radius 2 is 1.02 bits per heavy atom. The molecule has 1 aromatic heterocycles. The number of nitrogens with zero attached hydrogens (tertiary/aromatic N) is 1. The lowest BCUT2D eigenvalue weighted by Gasteiger charge is -2.28. The van der Waals surface area contributed by atoms with E-state index in [1.54, 1.807) is 0 Å². The molecule has 0 fully saturated rings. The number of rotatable bonds is 5. The Kier molecular flexibility index (Phi) is 6.05. The van der Waals surface area contributed by atoms with Crippen LogP contribution in [0.3, 0.4) is 0 Å². The second-order valence-electron chi connectivity index (χ2n) is 11.0. The number of para-hydroxylation sites is 1. The van der Waals surface area contributed by atoms with E-state index in [9.17, 15) is 0 Å². The molecule has 0 aliphatic heterocycles. The van der Waals surface area contributed by atoms with Crippen LogP contribution in [0.5, 0.6) is 0 Å². The fourth-order valence-corrected chi connectivity index (χ4v) is 6.34. The van der Waals surface area contributed by atoms with Crippen molar-refractivity contribution in [2.45, 2.75) is 6.92 Å². The van der Waals surface area contributed by atoms with Gasteiger partial charge in [0.1, 0.15) is 11.3 Å². The molecule has 43 heavy (non-hydrogen) atoms. The monoisotopic (exact) mass is 551 g/mol. The van der Waals surface area contributed by atoms with E-state index in [2.05, 4.69) is 157 Å². The minimum atomic E-state index is 0.907. The Hall–Kier alpha value is -5.60. The van der Waals surface area contributed by atoms with Gasteiger partial charge in [-0.05, 0) is 70.6 Å². The number of anilines is 3. The van der Waals surface area contributed by atoms with Crippen LogP contribution < -0.4 is 4.90 Å². The van der Waals surface area contributed by atoms with Gasteiger partial charge in [-0.3, -0.25) is 0 Å². The molecule has 8 rings (SSSR count). The summed E-state index contributed by atoms with van der Waals surface area (Å²) >= 11 is 0. The van der Waals surface area contributed by atoms with Gasteiger partial charge in [-0.2, -0.15) is 0 Å². The molecule has 0 spiro atoms. The molecule has 8 aromatic rings. The van der Waals surface area contributed by atoms with Crippen LogP contribution in [0.25, 0.3) is 55.0 Å². The number of fused-ring (bicyclic) bond motifs is 4. The van der Waals surface area contributed by atoms with Crippen LogP contribution >= 0.6 is 0 Å². The largest absolute Gasteiger partial charge is 0.456 e. The first-order valence-corrected chi connectivity index (χ1v) is 14.7. The average molecular weight is 552 g/mol. The molecule has 0 amide bonds. The number of aryl methyl sites for hydroxylation is 1. The van der Waals surface area contributed by atoms with E-state index >= 15 is 0 Å². The third-order valence-corrected chi connectivity index (χ3v) is 8.41. The van der Waals surface area contributed by atoms with Crippen molar-refractivity contribution in [2.75, 3.05) is 4.90 Å². The van der Waals surface area contributed by atoms with Gasteiger partial charge < -0.3 is 9.32 Å². The van der Waals surface area contributed by atoms with Gasteiger partial charge >= 0.3 is 0 Å². The van der Waals surface area contributed by atoms with E-state index in [1.165, 1.54) is 32.7 Å². The Balaban J connectivity index is 1.39. The predicted molar refractivity (Wildman–Crippen MR) is 182 cm³/mol. The zero-order valence-electron chi connectivity index (χ0n) is 23.9. The van der Waals surface area contributed by atoms with Crippen molar-refractivity contribution in [1.82, 2.24) is 0 Å². The quantitative estimate of drug-likeness (QED) is 0.198. The summed E-state index contributed by atoms with van der Waals surface area (Å²) in [5, 5.41) is 6.06. The lowest BCUT2D eigenvalue weighted by molar-refractivity contribution is 0.629. The first kappa shape index (κ1) is 25.1. The van der Waals surface area contributed by atoms with Crippen LogP contribution in [0.4, 0.5) is 17.1 Å². The van der Waals surface area contributed by atoms with Gasteiger partial charge in [0.25, 0.3) is 0 Å². The molecule has 2 nitrogen and oxygen atoms in total. The summed E-state index contributed by atoms with van der Waals surface area (Å²) in [6.45, 7) is 2.14. The summed E-state index contributed by atoms with van der Waals surface area (Å²) in [5.74, 6) is 0.907. The van der Waals surface area contributed by atoms with Crippen LogP contribution in [-0.2, 0) is 0 Å². The molecule has 0 aliphatic rings. The van der Waals surface area contributed by atoms with Crippen molar-refractivity contribution in [1.29, 1.82) is 0 Å². The van der Waals surface area contributed by atoms with Crippen molar-refractivity contribution >= 4 is 49.6 Å². The first-order chi connectivity index (χ1) is 21.2. The van der Waals surface area contributed by atoms with E-state index in [0.717, 1.165) is 44.9 Å². The zero-order chi connectivity index (χ0) is 28.8. The third kappa shape index (κ3) is 4.36. The highest BCUT2D eigenvalue weighted by Gasteiger charge is 2.20. The minimum absolute atomic E-state index is 0.907. The zero-order valence-corrected chi connectivity index (χ0v) is 23.9. The maximum absolute atomic E-state index is 6.42. The molecule has 1 heterocycles. The molecule has 0 saturated carbocycles. The topological polar surface area (TPSA) is 16.4 Å². The van der Waals surface area contributed by atoms with Gasteiger partial charge in [-0.15, -0.1) is 0 Å². The summed E-state index contributed by atoms with van der Waals surface area (Å²) in [7, 11) is 0. The molecular weight excluding hydrogens is 522 g/mol. The van der Waals surface area contributed by atoms with Gasteiger partial charge in [0.05, 0.1) is 5.69 Å². The van der Waals surface area contributed by atoms with Crippen molar-refractivity contribution in [3.63, 3.8) is 0 Å². The van der Waals surface area contributed by atoms with Gasteiger partial charge in [-0.1, -0.05) is 121 Å². The van der Waals surface area contributed by atoms with Crippen LogP contribution in [0.1, 0.15) is 5.56 Å². The molecule has 0 aliphatic carbocycles. The molecule has 0 unspecified atom stereocenters. The van der Waals surface area contributed by atoms with E-state index in [0.29, 0.717) is 0 Å². The molecule has 0 atom stereocenters. The SMILES string of the molecule is Cc1c(-c2cccc(N(c3cccc(-c4ccccc4)c3)c3cc4ccccc4c4ccccc34)c2)oc2ccccc12. The summed E-state index contributed by atoms with van der Waals surface area (Å²) in [6, 6.07) is 56.1. The number of hydrogen-bond donors (Lipinski definition) is 0. The van der Waals surface area contributed by atoms with E-state index in [4.69, 9.17) is 4.42 Å². The fourth-order valence-electron chi connectivity index (χ4n) is 6.34. The highest BCUT2D eigenvalue weighted by Crippen LogP contribution is 2.44. The normalized spacial score (nSPS) is 11.4. The molecule has 0 saturated heterocycles. The lowest BCUT2D eigenvalue weighted by Crippen LogP contribution is -2.11. The number of furan rings is 1. The maximum atomic E-state index is 6.42. The Labute approximate surface area is 251 Å². The highest BCUT2D eigenvalue weighted by molar-refractivity contribution is 6.14. The molecular formula is C41H29NO. The van der Waals surface area contributed by atoms with Crippen molar-refractivity contribution in [3.05, 3.63) is 163 Å². The van der Waals surface area contributed by atoms with Crippen molar-refractivity contribution in [3.8, 4) is 22.5 Å². The predicted octanol–water partition coefficient (Wildman–Crippen LogP) is 11.9. The third-order valence-electron chi connectivity index (χ3n) is 8.41. The summed E-state index contributed by atoms with van der Waals surface area (Å²) in [6.07, 6.45) is 0. The minimum Gasteiger partial charge on any atom is -0.456 e. The fraction of sp³-hybridized carbons (Fsp3) is 0.0244. The van der Waals surface area contributed by atoms with Gasteiger partial charge in [0, 0.05) is 33.3 Å². The second-order valence-corrected chi connectivity index (χ2v) is 11.0.